The molecule has 1 aliphatic rings. The zero-order valence-electron chi connectivity index (χ0n) is 11.9. The molecule has 1 atom stereocenters. The third-order valence-corrected chi connectivity index (χ3v) is 4.06. The van der Waals surface area contributed by atoms with E-state index >= 15 is 0 Å². The predicted molar refractivity (Wildman–Crippen MR) is 75.1 cm³/mol. The summed E-state index contributed by atoms with van der Waals surface area (Å²) in [6, 6.07) is 0.220. The molecule has 0 aliphatic carbocycles. The van der Waals surface area contributed by atoms with Gasteiger partial charge in [-0.05, 0) is 13.8 Å². The lowest BCUT2D eigenvalue weighted by Crippen LogP contribution is -2.49. The Hall–Kier alpha value is -1.61. The van der Waals surface area contributed by atoms with Gasteiger partial charge in [-0.1, -0.05) is 11.8 Å². The highest BCUT2D eigenvalue weighted by molar-refractivity contribution is 7.99. The second-order valence-corrected chi connectivity index (χ2v) is 5.88. The number of carboxylic acids is 1. The molecule has 1 aromatic rings. The maximum Gasteiger partial charge on any atom is 0.334 e. The van der Waals surface area contributed by atoms with Gasteiger partial charge in [0.05, 0.1) is 18.9 Å². The normalized spacial score (nSPS) is 19.0. The number of thioether (sulfide) groups is 1. The van der Waals surface area contributed by atoms with E-state index in [2.05, 4.69) is 10.2 Å². The van der Waals surface area contributed by atoms with E-state index in [0.717, 1.165) is 0 Å². The molecule has 0 saturated carbocycles. The molecule has 9 heteroatoms. The van der Waals surface area contributed by atoms with Gasteiger partial charge in [0.2, 0.25) is 5.91 Å². The molecule has 0 bridgehead atoms. The highest BCUT2D eigenvalue weighted by Crippen LogP contribution is 2.19. The standard InChI is InChI=1S/C12H18N4O4S/c1-8(2)16-7-13-14-12(16)21-6-10(17)15-3-4-20-9(5-15)11(18)19/h7-9H,3-6H2,1-2H3,(H,18,19). The number of rotatable bonds is 5. The molecule has 1 unspecified atom stereocenters. The lowest BCUT2D eigenvalue weighted by atomic mass is 10.3. The smallest absolute Gasteiger partial charge is 0.334 e. The molecule has 0 aromatic carbocycles. The van der Waals surface area contributed by atoms with Gasteiger partial charge >= 0.3 is 5.97 Å². The Morgan fingerprint density at radius 3 is 3.00 bits per heavy atom. The summed E-state index contributed by atoms with van der Waals surface area (Å²) in [4.78, 5) is 24.6. The molecular weight excluding hydrogens is 296 g/mol. The largest absolute Gasteiger partial charge is 0.479 e. The van der Waals surface area contributed by atoms with Crippen molar-refractivity contribution in [3.8, 4) is 0 Å². The van der Waals surface area contributed by atoms with Crippen molar-refractivity contribution in [3.05, 3.63) is 6.33 Å². The minimum absolute atomic E-state index is 0.0889. The third kappa shape index (κ3) is 3.94. The lowest BCUT2D eigenvalue weighted by molar-refractivity contribution is -0.158. The summed E-state index contributed by atoms with van der Waals surface area (Å²) in [6.45, 7) is 4.77. The van der Waals surface area contributed by atoms with Gasteiger partial charge in [0.1, 0.15) is 6.33 Å². The maximum atomic E-state index is 12.1. The molecule has 1 saturated heterocycles. The summed E-state index contributed by atoms with van der Waals surface area (Å²) in [5.41, 5.74) is 0. The summed E-state index contributed by atoms with van der Waals surface area (Å²) in [5, 5.41) is 17.4. The topological polar surface area (TPSA) is 97.5 Å². The first-order chi connectivity index (χ1) is 9.99. The number of carbonyl (C=O) groups is 2. The van der Waals surface area contributed by atoms with Gasteiger partial charge in [-0.15, -0.1) is 10.2 Å². The van der Waals surface area contributed by atoms with Gasteiger partial charge in [0.25, 0.3) is 0 Å². The number of ether oxygens (including phenoxy) is 1. The predicted octanol–water partition coefficient (Wildman–Crippen LogP) is 0.263. The number of carboxylic acid groups (broad SMARTS) is 1. The van der Waals surface area contributed by atoms with Gasteiger partial charge in [0, 0.05) is 12.6 Å². The average molecular weight is 314 g/mol. The highest BCUT2D eigenvalue weighted by atomic mass is 32.2. The van der Waals surface area contributed by atoms with Crippen LogP contribution in [0.2, 0.25) is 0 Å². The van der Waals surface area contributed by atoms with E-state index in [1.807, 2.05) is 18.4 Å². The molecule has 116 valence electrons. The second-order valence-electron chi connectivity index (χ2n) is 4.94. The molecule has 2 rings (SSSR count). The Morgan fingerprint density at radius 1 is 1.57 bits per heavy atom. The Kier molecular flexibility index (Phi) is 5.18. The molecule has 0 radical (unpaired) electrons. The van der Waals surface area contributed by atoms with Crippen LogP contribution in [0.5, 0.6) is 0 Å². The average Bonchev–Trinajstić information content (AvgIpc) is 2.93. The van der Waals surface area contributed by atoms with Crippen molar-refractivity contribution in [2.75, 3.05) is 25.4 Å². The first-order valence-corrected chi connectivity index (χ1v) is 7.62. The Balaban J connectivity index is 1.89. The Bertz CT molecular complexity index is 519. The van der Waals surface area contributed by atoms with Crippen LogP contribution in [0.1, 0.15) is 19.9 Å². The number of hydrogen-bond donors (Lipinski definition) is 1. The number of aliphatic carboxylic acids is 1. The van der Waals surface area contributed by atoms with Crippen LogP contribution in [0.25, 0.3) is 0 Å². The number of nitrogens with zero attached hydrogens (tertiary/aromatic N) is 4. The molecule has 1 N–H and O–H groups in total. The zero-order valence-corrected chi connectivity index (χ0v) is 12.7. The molecule has 0 spiro atoms. The lowest BCUT2D eigenvalue weighted by Gasteiger charge is -2.30. The van der Waals surface area contributed by atoms with Crippen molar-refractivity contribution in [2.45, 2.75) is 31.1 Å². The van der Waals surface area contributed by atoms with Crippen molar-refractivity contribution < 1.29 is 19.4 Å². The van der Waals surface area contributed by atoms with E-state index in [9.17, 15) is 9.59 Å². The minimum atomic E-state index is -1.04. The van der Waals surface area contributed by atoms with E-state index in [0.29, 0.717) is 11.7 Å². The van der Waals surface area contributed by atoms with Crippen LogP contribution in [0, 0.1) is 0 Å². The molecule has 21 heavy (non-hydrogen) atoms. The quantitative estimate of drug-likeness (QED) is 0.779. The maximum absolute atomic E-state index is 12.1. The first kappa shape index (κ1) is 15.8. The van der Waals surface area contributed by atoms with Crippen molar-refractivity contribution in [1.29, 1.82) is 0 Å². The number of amides is 1. The summed E-state index contributed by atoms with van der Waals surface area (Å²) >= 11 is 1.30. The fourth-order valence-electron chi connectivity index (χ4n) is 1.93. The number of hydrogen-bond acceptors (Lipinski definition) is 6. The molecule has 1 aliphatic heterocycles. The summed E-state index contributed by atoms with van der Waals surface area (Å²) in [7, 11) is 0. The summed E-state index contributed by atoms with van der Waals surface area (Å²) in [6.07, 6.45) is 0.694. The van der Waals surface area contributed by atoms with Gasteiger partial charge in [-0.25, -0.2) is 4.79 Å². The van der Waals surface area contributed by atoms with E-state index in [-0.39, 0.29) is 30.9 Å². The van der Waals surface area contributed by atoms with Crippen LogP contribution in [-0.2, 0) is 14.3 Å². The SMILES string of the molecule is CC(C)n1cnnc1SCC(=O)N1CCOC(C(=O)O)C1. The van der Waals surface area contributed by atoms with Gasteiger partial charge < -0.3 is 19.3 Å². The minimum Gasteiger partial charge on any atom is -0.479 e. The molecule has 1 amide bonds. The van der Waals surface area contributed by atoms with E-state index in [1.54, 1.807) is 6.33 Å². The summed E-state index contributed by atoms with van der Waals surface area (Å²) < 4.78 is 6.98. The van der Waals surface area contributed by atoms with Gasteiger partial charge in [-0.2, -0.15) is 0 Å². The van der Waals surface area contributed by atoms with E-state index < -0.39 is 12.1 Å². The van der Waals surface area contributed by atoms with Crippen molar-refractivity contribution in [3.63, 3.8) is 0 Å². The van der Waals surface area contributed by atoms with Gasteiger partial charge in [0.15, 0.2) is 11.3 Å². The van der Waals surface area contributed by atoms with Crippen LogP contribution in [0.3, 0.4) is 0 Å². The second kappa shape index (κ2) is 6.90. The fourth-order valence-corrected chi connectivity index (χ4v) is 2.88. The van der Waals surface area contributed by atoms with Crippen molar-refractivity contribution in [1.82, 2.24) is 19.7 Å². The van der Waals surface area contributed by atoms with Crippen LogP contribution < -0.4 is 0 Å². The van der Waals surface area contributed by atoms with Crippen LogP contribution in [-0.4, -0.2) is 68.2 Å². The van der Waals surface area contributed by atoms with Crippen LogP contribution in [0.15, 0.2) is 11.5 Å². The Morgan fingerprint density at radius 2 is 2.33 bits per heavy atom. The fraction of sp³-hybridized carbons (Fsp3) is 0.667. The van der Waals surface area contributed by atoms with Gasteiger partial charge in [-0.3, -0.25) is 4.79 Å². The van der Waals surface area contributed by atoms with Crippen LogP contribution in [0.4, 0.5) is 0 Å². The monoisotopic (exact) mass is 314 g/mol. The third-order valence-electron chi connectivity index (χ3n) is 3.12. The molecule has 8 nitrogen and oxygen atoms in total. The van der Waals surface area contributed by atoms with Crippen molar-refractivity contribution in [2.24, 2.45) is 0 Å². The molecule has 1 aromatic heterocycles. The number of morpholine rings is 1. The van der Waals surface area contributed by atoms with Crippen molar-refractivity contribution >= 4 is 23.6 Å². The molecular formula is C12H18N4O4S. The molecule has 2 heterocycles. The molecule has 1 fully saturated rings. The zero-order chi connectivity index (χ0) is 15.4. The number of aromatic nitrogens is 3. The van der Waals surface area contributed by atoms with E-state index in [1.165, 1.54) is 16.7 Å². The summed E-state index contributed by atoms with van der Waals surface area (Å²) in [5.74, 6) is -0.954. The first-order valence-electron chi connectivity index (χ1n) is 6.63. The Labute approximate surface area is 126 Å². The van der Waals surface area contributed by atoms with E-state index in [4.69, 9.17) is 9.84 Å². The number of carbonyl (C=O) groups excluding carboxylic acids is 1. The van der Waals surface area contributed by atoms with Crippen LogP contribution >= 0.6 is 11.8 Å². The highest BCUT2D eigenvalue weighted by Gasteiger charge is 2.29.